The summed E-state index contributed by atoms with van der Waals surface area (Å²) in [6, 6.07) is 2.58. The Bertz CT molecular complexity index is 1100. The zero-order valence-electron chi connectivity index (χ0n) is 23.9. The minimum absolute atomic E-state index is 0.0322. The van der Waals surface area contributed by atoms with Gasteiger partial charge in [0.25, 0.3) is 0 Å². The third kappa shape index (κ3) is 8.22. The van der Waals surface area contributed by atoms with Gasteiger partial charge in [0.1, 0.15) is 18.5 Å². The number of aliphatic hydroxyl groups is 2. The molecule has 0 aliphatic heterocycles. The third-order valence-electron chi connectivity index (χ3n) is 8.69. The quantitative estimate of drug-likeness (QED) is 0.225. The summed E-state index contributed by atoms with van der Waals surface area (Å²) in [6.45, 7) is 0.456. The Morgan fingerprint density at radius 1 is 1.10 bits per heavy atom. The molecule has 2 saturated carbocycles. The molecule has 41 heavy (non-hydrogen) atoms. The normalized spacial score (nSPS) is 23.5. The van der Waals surface area contributed by atoms with Gasteiger partial charge in [0, 0.05) is 37.1 Å². The van der Waals surface area contributed by atoms with Crippen molar-refractivity contribution in [2.24, 2.45) is 11.8 Å². The summed E-state index contributed by atoms with van der Waals surface area (Å²) in [6.07, 6.45) is 10.9. The predicted molar refractivity (Wildman–Crippen MR) is 163 cm³/mol. The molecule has 0 saturated heterocycles. The molecule has 3 aliphatic rings. The second-order valence-electron chi connectivity index (χ2n) is 11.6. The number of halogens is 1. The molecule has 3 N–H and O–H groups in total. The van der Waals surface area contributed by atoms with Gasteiger partial charge < -0.3 is 29.9 Å². The molecular weight excluding hydrogens is 639 g/mol. The van der Waals surface area contributed by atoms with E-state index in [1.807, 2.05) is 4.90 Å². The van der Waals surface area contributed by atoms with Crippen LogP contribution in [0.15, 0.2) is 23.8 Å². The van der Waals surface area contributed by atoms with Gasteiger partial charge in [-0.1, -0.05) is 32.1 Å². The molecule has 2 amide bonds. The highest BCUT2D eigenvalue weighted by Crippen LogP contribution is 2.38. The van der Waals surface area contributed by atoms with Gasteiger partial charge in [-0.15, -0.1) is 0 Å². The zero-order valence-corrected chi connectivity index (χ0v) is 26.0. The maximum atomic E-state index is 13.9. The zero-order chi connectivity index (χ0) is 29.4. The van der Waals surface area contributed by atoms with Crippen LogP contribution in [0.25, 0.3) is 0 Å². The molecular formula is C31H43IN2O7. The van der Waals surface area contributed by atoms with E-state index in [1.165, 1.54) is 13.5 Å². The number of nitrogens with one attached hydrogen (secondary N) is 1. The minimum Gasteiger partial charge on any atom is -0.493 e. The number of aldehydes is 1. The number of amides is 2. The lowest BCUT2D eigenvalue weighted by Crippen LogP contribution is -2.56. The average Bonchev–Trinajstić information content (AvgIpc) is 3.50. The number of methoxy groups -OCH3 is 1. The van der Waals surface area contributed by atoms with Crippen molar-refractivity contribution in [3.8, 4) is 11.5 Å². The van der Waals surface area contributed by atoms with E-state index in [0.29, 0.717) is 51.0 Å². The number of carbonyl (C=O) groups is 3. The molecule has 3 atom stereocenters. The number of carbonyl (C=O) groups excluding carboxylic acids is 3. The molecule has 0 heterocycles. The number of ether oxygens (including phenoxy) is 2. The third-order valence-corrected chi connectivity index (χ3v) is 9.50. The Labute approximate surface area is 256 Å². The summed E-state index contributed by atoms with van der Waals surface area (Å²) >= 11 is 2.05. The molecule has 0 aromatic heterocycles. The van der Waals surface area contributed by atoms with Crippen LogP contribution in [-0.2, 0) is 9.59 Å². The highest BCUT2D eigenvalue weighted by molar-refractivity contribution is 14.1. The van der Waals surface area contributed by atoms with E-state index in [1.54, 1.807) is 18.2 Å². The Balaban J connectivity index is 1.67. The summed E-state index contributed by atoms with van der Waals surface area (Å²) < 4.78 is 12.5. The first-order valence-corrected chi connectivity index (χ1v) is 16.0. The van der Waals surface area contributed by atoms with Gasteiger partial charge in [-0.25, -0.2) is 0 Å². The largest absolute Gasteiger partial charge is 0.493 e. The lowest BCUT2D eigenvalue weighted by atomic mass is 9.85. The van der Waals surface area contributed by atoms with E-state index in [9.17, 15) is 24.6 Å². The Kier molecular flexibility index (Phi) is 11.9. The van der Waals surface area contributed by atoms with Crippen molar-refractivity contribution in [1.29, 1.82) is 0 Å². The first kappa shape index (κ1) is 31.7. The summed E-state index contributed by atoms with van der Waals surface area (Å²) in [5, 5.41) is 23.8. The van der Waals surface area contributed by atoms with E-state index < -0.39 is 18.2 Å². The van der Waals surface area contributed by atoms with E-state index in [0.717, 1.165) is 57.7 Å². The van der Waals surface area contributed by atoms with Crippen molar-refractivity contribution in [2.75, 3.05) is 26.8 Å². The van der Waals surface area contributed by atoms with Crippen molar-refractivity contribution in [2.45, 2.75) is 88.9 Å². The van der Waals surface area contributed by atoms with Crippen molar-refractivity contribution in [3.05, 3.63) is 32.9 Å². The van der Waals surface area contributed by atoms with Crippen LogP contribution in [0.1, 0.15) is 81.0 Å². The fourth-order valence-electron chi connectivity index (χ4n) is 6.49. The Hall–Kier alpha value is -2.18. The van der Waals surface area contributed by atoms with E-state index in [-0.39, 0.29) is 31.4 Å². The molecule has 0 spiro atoms. The van der Waals surface area contributed by atoms with Gasteiger partial charge in [0.05, 0.1) is 23.3 Å². The first-order valence-electron chi connectivity index (χ1n) is 14.9. The van der Waals surface area contributed by atoms with Crippen molar-refractivity contribution in [3.63, 3.8) is 0 Å². The summed E-state index contributed by atoms with van der Waals surface area (Å²) in [5.41, 5.74) is 0.830. The molecule has 226 valence electrons. The standard InChI is InChI=1S/C31H43IN2O7/c1-40-27-14-22(19-36)13-24(32)30(27)41-26-17-23(31(39)33-11-12-35)16-25(29(26)38)34(18-21-9-3-2-4-10-21)28(37)15-20-7-5-6-8-20/h13-14,17,19-21,25-26,29,35,38H,2-12,15-16,18H2,1H3,(H,33,39)/t25-,26+,29+/m1/s1. The monoisotopic (exact) mass is 682 g/mol. The smallest absolute Gasteiger partial charge is 0.247 e. The number of hydrogen-bond acceptors (Lipinski definition) is 7. The second-order valence-corrected chi connectivity index (χ2v) is 12.7. The Morgan fingerprint density at radius 2 is 1.78 bits per heavy atom. The van der Waals surface area contributed by atoms with E-state index in [2.05, 4.69) is 27.9 Å². The molecule has 9 nitrogen and oxygen atoms in total. The molecule has 0 radical (unpaired) electrons. The lowest BCUT2D eigenvalue weighted by molar-refractivity contribution is -0.140. The van der Waals surface area contributed by atoms with Crippen LogP contribution in [0.4, 0.5) is 0 Å². The molecule has 10 heteroatoms. The van der Waals surface area contributed by atoms with Gasteiger partial charge >= 0.3 is 0 Å². The fraction of sp³-hybridized carbons (Fsp3) is 0.645. The van der Waals surface area contributed by atoms with Gasteiger partial charge in [-0.05, 0) is 78.3 Å². The number of benzene rings is 1. The van der Waals surface area contributed by atoms with Crippen LogP contribution >= 0.6 is 22.6 Å². The minimum atomic E-state index is -1.09. The number of hydrogen-bond donors (Lipinski definition) is 3. The Morgan fingerprint density at radius 3 is 2.44 bits per heavy atom. The van der Waals surface area contributed by atoms with Crippen LogP contribution < -0.4 is 14.8 Å². The summed E-state index contributed by atoms with van der Waals surface area (Å²) in [5.74, 6) is 1.08. The number of nitrogens with zero attached hydrogens (tertiary/aromatic N) is 1. The SMILES string of the molecule is COc1cc(C=O)cc(I)c1O[C@H]1C=C(C(=O)NCCO)C[C@@H](N(CC2CCCCC2)C(=O)CC2CCCC2)[C@@H]1O. The highest BCUT2D eigenvalue weighted by atomic mass is 127. The van der Waals surface area contributed by atoms with Gasteiger partial charge in [0.2, 0.25) is 11.8 Å². The molecule has 0 bridgehead atoms. The van der Waals surface area contributed by atoms with Crippen molar-refractivity contribution in [1.82, 2.24) is 10.2 Å². The van der Waals surface area contributed by atoms with Crippen molar-refractivity contribution < 1.29 is 34.1 Å². The van der Waals surface area contributed by atoms with Crippen molar-refractivity contribution >= 4 is 40.7 Å². The van der Waals surface area contributed by atoms with Crippen LogP contribution in [0.3, 0.4) is 0 Å². The summed E-state index contributed by atoms with van der Waals surface area (Å²) in [7, 11) is 1.48. The topological polar surface area (TPSA) is 125 Å². The second kappa shape index (κ2) is 15.3. The van der Waals surface area contributed by atoms with Crippen LogP contribution in [0.2, 0.25) is 0 Å². The maximum Gasteiger partial charge on any atom is 0.247 e. The maximum absolute atomic E-state index is 13.9. The summed E-state index contributed by atoms with van der Waals surface area (Å²) in [4.78, 5) is 40.3. The lowest BCUT2D eigenvalue weighted by Gasteiger charge is -2.42. The van der Waals surface area contributed by atoms with E-state index in [4.69, 9.17) is 9.47 Å². The fourth-order valence-corrected chi connectivity index (χ4v) is 7.24. The highest BCUT2D eigenvalue weighted by Gasteiger charge is 2.42. The number of rotatable bonds is 12. The van der Waals surface area contributed by atoms with Gasteiger partial charge in [0.15, 0.2) is 11.5 Å². The molecule has 1 aromatic carbocycles. The molecule has 2 fully saturated rings. The molecule has 1 aromatic rings. The van der Waals surface area contributed by atoms with Gasteiger partial charge in [-0.3, -0.25) is 14.4 Å². The van der Waals surface area contributed by atoms with Crippen LogP contribution in [-0.4, -0.2) is 78.3 Å². The molecule has 3 aliphatic carbocycles. The van der Waals surface area contributed by atoms with Crippen LogP contribution in [0, 0.1) is 15.4 Å². The van der Waals surface area contributed by atoms with Crippen LogP contribution in [0.5, 0.6) is 11.5 Å². The van der Waals surface area contributed by atoms with Gasteiger partial charge in [-0.2, -0.15) is 0 Å². The molecule has 4 rings (SSSR count). The first-order chi connectivity index (χ1) is 19.8. The predicted octanol–water partition coefficient (Wildman–Crippen LogP) is 4.02. The average molecular weight is 683 g/mol. The number of aliphatic hydroxyl groups excluding tert-OH is 2. The van der Waals surface area contributed by atoms with E-state index >= 15 is 0 Å². The molecule has 0 unspecified atom stereocenters.